The van der Waals surface area contributed by atoms with Crippen LogP contribution < -0.4 is 11.2 Å². The van der Waals surface area contributed by atoms with Gasteiger partial charge in [-0.25, -0.2) is 4.79 Å². The monoisotopic (exact) mass is 630 g/mol. The van der Waals surface area contributed by atoms with Crippen LogP contribution in [0, 0.1) is 27.7 Å². The number of methoxy groups -OCH3 is 1. The number of piperazine rings is 1. The van der Waals surface area contributed by atoms with Gasteiger partial charge in [-0.15, -0.1) is 0 Å². The van der Waals surface area contributed by atoms with Gasteiger partial charge in [-0.05, 0) is 56.5 Å². The number of amides is 2. The highest BCUT2D eigenvalue weighted by atomic mass is 16.6. The van der Waals surface area contributed by atoms with E-state index in [2.05, 4.69) is 4.98 Å². The standard InChI is InChI=1S/C31H42N4O10/c1-18-14-22(15-19(2)21(18)4)29(40)34-10-8-33(9-11-34)24(37)6-7-25(38)45-26-23(17-36)44-30(27(26)43-13-12-42-5)35-16-20(3)28(39)32-31(35)41/h14-16,23,26-27,30,36H,6-13,17H2,1-5H3,(H,32,39,41)/t23-,26?,27+,30-/m1/s1. The van der Waals surface area contributed by atoms with E-state index in [4.69, 9.17) is 18.9 Å². The molecule has 2 fully saturated rings. The molecule has 0 aliphatic carbocycles. The van der Waals surface area contributed by atoms with Crippen molar-refractivity contribution in [2.45, 2.75) is 65.1 Å². The molecule has 14 heteroatoms. The molecule has 2 aromatic rings. The lowest BCUT2D eigenvalue weighted by atomic mass is 10.00. The lowest BCUT2D eigenvalue weighted by Crippen LogP contribution is -2.50. The average Bonchev–Trinajstić information content (AvgIpc) is 3.36. The summed E-state index contributed by atoms with van der Waals surface area (Å²) in [4.78, 5) is 69.0. The van der Waals surface area contributed by atoms with Gasteiger partial charge in [-0.1, -0.05) is 0 Å². The average molecular weight is 631 g/mol. The third-order valence-corrected chi connectivity index (χ3v) is 8.39. The number of benzene rings is 1. The molecule has 2 saturated heterocycles. The third kappa shape index (κ3) is 7.87. The van der Waals surface area contributed by atoms with Crippen molar-refractivity contribution in [3.8, 4) is 0 Å². The van der Waals surface area contributed by atoms with Crippen molar-refractivity contribution in [2.75, 3.05) is 53.1 Å². The number of ether oxygens (including phenoxy) is 4. The minimum absolute atomic E-state index is 0.0698. The number of aromatic amines is 1. The van der Waals surface area contributed by atoms with Gasteiger partial charge in [0.1, 0.15) is 12.2 Å². The number of nitrogens with zero attached hydrogens (tertiary/aromatic N) is 3. The number of aliphatic hydroxyl groups is 1. The van der Waals surface area contributed by atoms with E-state index in [1.807, 2.05) is 32.9 Å². The Hall–Kier alpha value is -3.85. The van der Waals surface area contributed by atoms with Gasteiger partial charge in [-0.3, -0.25) is 28.7 Å². The number of H-pyrrole nitrogens is 1. The Morgan fingerprint density at radius 1 is 0.933 bits per heavy atom. The summed E-state index contributed by atoms with van der Waals surface area (Å²) in [5.74, 6) is -1.03. The molecule has 1 aromatic heterocycles. The number of esters is 1. The fourth-order valence-corrected chi connectivity index (χ4v) is 5.52. The molecule has 4 rings (SSSR count). The van der Waals surface area contributed by atoms with Gasteiger partial charge in [0.2, 0.25) is 5.91 Å². The molecule has 4 atom stereocenters. The maximum absolute atomic E-state index is 13.1. The second-order valence-corrected chi connectivity index (χ2v) is 11.4. The lowest BCUT2D eigenvalue weighted by Gasteiger charge is -2.35. The van der Waals surface area contributed by atoms with Crippen LogP contribution in [0.4, 0.5) is 0 Å². The molecule has 1 aromatic carbocycles. The molecule has 2 amide bonds. The smallest absolute Gasteiger partial charge is 0.330 e. The Kier molecular flexibility index (Phi) is 11.3. The SMILES string of the molecule is COCCO[C@H]1C(OC(=O)CCC(=O)N2CCN(C(=O)c3cc(C)c(C)c(C)c3)CC2)[C@@H](CO)O[C@H]1n1cc(C)c(=O)[nH]c1=O. The van der Waals surface area contributed by atoms with E-state index in [1.165, 1.54) is 20.2 Å². The molecule has 2 N–H and O–H groups in total. The number of carbonyl (C=O) groups excluding carboxylic acids is 3. The van der Waals surface area contributed by atoms with Crippen LogP contribution in [0.15, 0.2) is 27.9 Å². The highest BCUT2D eigenvalue weighted by Gasteiger charge is 2.49. The number of aliphatic hydroxyl groups excluding tert-OH is 1. The summed E-state index contributed by atoms with van der Waals surface area (Å²) < 4.78 is 23.6. The van der Waals surface area contributed by atoms with Crippen molar-refractivity contribution in [1.82, 2.24) is 19.4 Å². The number of hydrogen-bond acceptors (Lipinski definition) is 10. The van der Waals surface area contributed by atoms with E-state index in [1.54, 1.807) is 9.80 Å². The van der Waals surface area contributed by atoms with Crippen molar-refractivity contribution >= 4 is 17.8 Å². The van der Waals surface area contributed by atoms with Crippen molar-refractivity contribution in [3.05, 3.63) is 67.0 Å². The fourth-order valence-electron chi connectivity index (χ4n) is 5.52. The highest BCUT2D eigenvalue weighted by Crippen LogP contribution is 2.33. The van der Waals surface area contributed by atoms with E-state index in [-0.39, 0.29) is 43.4 Å². The summed E-state index contributed by atoms with van der Waals surface area (Å²) >= 11 is 0. The molecule has 0 spiro atoms. The van der Waals surface area contributed by atoms with Crippen molar-refractivity contribution in [3.63, 3.8) is 0 Å². The molecule has 246 valence electrons. The van der Waals surface area contributed by atoms with Gasteiger partial charge in [-0.2, -0.15) is 0 Å². The van der Waals surface area contributed by atoms with E-state index < -0.39 is 48.4 Å². The molecule has 14 nitrogen and oxygen atoms in total. The van der Waals surface area contributed by atoms with E-state index in [9.17, 15) is 29.1 Å². The molecule has 0 saturated carbocycles. The topological polar surface area (TPSA) is 170 Å². The van der Waals surface area contributed by atoms with Crippen molar-refractivity contribution < 1.29 is 38.4 Å². The highest BCUT2D eigenvalue weighted by molar-refractivity contribution is 5.95. The Bertz CT molecular complexity index is 1490. The van der Waals surface area contributed by atoms with E-state index >= 15 is 0 Å². The fraction of sp³-hybridized carbons (Fsp3) is 0.581. The summed E-state index contributed by atoms with van der Waals surface area (Å²) in [6, 6.07) is 3.78. The van der Waals surface area contributed by atoms with Crippen LogP contribution >= 0.6 is 0 Å². The maximum atomic E-state index is 13.1. The molecule has 2 aliphatic rings. The Balaban J connectivity index is 1.35. The summed E-state index contributed by atoms with van der Waals surface area (Å²) in [6.45, 7) is 8.67. The van der Waals surface area contributed by atoms with Gasteiger partial charge in [0.25, 0.3) is 11.5 Å². The molecule has 3 heterocycles. The maximum Gasteiger partial charge on any atom is 0.330 e. The largest absolute Gasteiger partial charge is 0.456 e. The molecule has 2 aliphatic heterocycles. The molecule has 0 bridgehead atoms. The summed E-state index contributed by atoms with van der Waals surface area (Å²) in [5.41, 5.74) is 2.83. The first-order chi connectivity index (χ1) is 21.4. The van der Waals surface area contributed by atoms with Crippen LogP contribution in [-0.2, 0) is 28.5 Å². The first-order valence-corrected chi connectivity index (χ1v) is 15.0. The zero-order valence-corrected chi connectivity index (χ0v) is 26.4. The second kappa shape index (κ2) is 15.0. The summed E-state index contributed by atoms with van der Waals surface area (Å²) in [5, 5.41) is 10.0. The molecule has 0 radical (unpaired) electrons. The van der Waals surface area contributed by atoms with E-state index in [0.29, 0.717) is 31.7 Å². The second-order valence-electron chi connectivity index (χ2n) is 11.4. The minimum Gasteiger partial charge on any atom is -0.456 e. The van der Waals surface area contributed by atoms with Gasteiger partial charge in [0.05, 0.1) is 26.2 Å². The van der Waals surface area contributed by atoms with Gasteiger partial charge < -0.3 is 33.9 Å². The zero-order valence-electron chi connectivity index (χ0n) is 26.4. The molecule has 1 unspecified atom stereocenters. The van der Waals surface area contributed by atoms with Crippen LogP contribution in [0.25, 0.3) is 0 Å². The first kappa shape index (κ1) is 34.0. The zero-order chi connectivity index (χ0) is 32.8. The van der Waals surface area contributed by atoms with Crippen LogP contribution in [0.2, 0.25) is 0 Å². The number of aromatic nitrogens is 2. The van der Waals surface area contributed by atoms with Crippen molar-refractivity contribution in [1.29, 1.82) is 0 Å². The third-order valence-electron chi connectivity index (χ3n) is 8.39. The molecule has 45 heavy (non-hydrogen) atoms. The number of rotatable bonds is 11. The Labute approximate surface area is 260 Å². The van der Waals surface area contributed by atoms with Gasteiger partial charge in [0.15, 0.2) is 12.3 Å². The Morgan fingerprint density at radius 2 is 1.58 bits per heavy atom. The van der Waals surface area contributed by atoms with Crippen LogP contribution in [0.5, 0.6) is 0 Å². The summed E-state index contributed by atoms with van der Waals surface area (Å²) in [7, 11) is 1.48. The van der Waals surface area contributed by atoms with Gasteiger partial charge in [0, 0.05) is 57.0 Å². The van der Waals surface area contributed by atoms with Gasteiger partial charge >= 0.3 is 11.7 Å². The van der Waals surface area contributed by atoms with Crippen LogP contribution in [0.3, 0.4) is 0 Å². The van der Waals surface area contributed by atoms with Crippen molar-refractivity contribution in [2.24, 2.45) is 0 Å². The number of aryl methyl sites for hydroxylation is 3. The predicted molar refractivity (Wildman–Crippen MR) is 161 cm³/mol. The van der Waals surface area contributed by atoms with Crippen LogP contribution in [-0.4, -0.2) is 114 Å². The Morgan fingerprint density at radius 3 is 2.20 bits per heavy atom. The normalized spacial score (nSPS) is 21.6. The molecular weight excluding hydrogens is 588 g/mol. The predicted octanol–water partition coefficient (Wildman–Crippen LogP) is 0.368. The minimum atomic E-state index is -1.12. The number of nitrogens with one attached hydrogen (secondary N) is 1. The van der Waals surface area contributed by atoms with Crippen LogP contribution in [0.1, 0.15) is 51.7 Å². The first-order valence-electron chi connectivity index (χ1n) is 15.0. The summed E-state index contributed by atoms with van der Waals surface area (Å²) in [6.07, 6.45) is -3.32. The van der Waals surface area contributed by atoms with E-state index in [0.717, 1.165) is 21.3 Å². The number of carbonyl (C=O) groups is 3. The molecular formula is C31H42N4O10. The quantitative estimate of drug-likeness (QED) is 0.261. The lowest BCUT2D eigenvalue weighted by molar-refractivity contribution is -0.160. The number of hydrogen-bond donors (Lipinski definition) is 2.